The highest BCUT2D eigenvalue weighted by molar-refractivity contribution is 5.90. The summed E-state index contributed by atoms with van der Waals surface area (Å²) < 4.78 is 11.6. The Balaban J connectivity index is 1.64. The van der Waals surface area contributed by atoms with E-state index in [0.717, 1.165) is 22.1 Å². The van der Waals surface area contributed by atoms with Crippen molar-refractivity contribution >= 4 is 28.7 Å². The molecule has 38 heavy (non-hydrogen) atoms. The Bertz CT molecular complexity index is 1580. The van der Waals surface area contributed by atoms with Crippen molar-refractivity contribution in [2.75, 3.05) is 7.11 Å². The third kappa shape index (κ3) is 3.87. The molecule has 0 radical (unpaired) electrons. The molecule has 0 saturated heterocycles. The number of rotatable bonds is 6. The van der Waals surface area contributed by atoms with E-state index in [1.165, 1.54) is 14.0 Å². The Kier molecular flexibility index (Phi) is 6.30. The fraction of sp³-hybridized carbons (Fsp3) is 0.393. The summed E-state index contributed by atoms with van der Waals surface area (Å²) in [7, 11) is 1.28. The molecule has 2 aliphatic heterocycles. The monoisotopic (exact) mass is 519 g/mol. The third-order valence-electron chi connectivity index (χ3n) is 7.53. The van der Waals surface area contributed by atoms with E-state index in [1.807, 2.05) is 25.1 Å². The topological polar surface area (TPSA) is 137 Å². The fourth-order valence-electron chi connectivity index (χ4n) is 5.56. The summed E-state index contributed by atoms with van der Waals surface area (Å²) in [5.41, 5.74) is 3.02. The smallest absolute Gasteiger partial charge is 0.343 e. The van der Waals surface area contributed by atoms with Crippen LogP contribution in [0, 0.1) is 0 Å². The van der Waals surface area contributed by atoms with Gasteiger partial charge in [0.2, 0.25) is 5.91 Å². The lowest BCUT2D eigenvalue weighted by atomic mass is 9.86. The summed E-state index contributed by atoms with van der Waals surface area (Å²) >= 11 is 0. The number of benzene rings is 1. The van der Waals surface area contributed by atoms with Crippen molar-refractivity contribution in [2.24, 2.45) is 0 Å². The number of ether oxygens (including phenoxy) is 2. The Hall–Kier alpha value is -4.05. The summed E-state index contributed by atoms with van der Waals surface area (Å²) in [5.74, 6) is -1.62. The number of nitrogens with zero attached hydrogens (tertiary/aromatic N) is 2. The fourth-order valence-corrected chi connectivity index (χ4v) is 5.56. The molecule has 0 spiro atoms. The van der Waals surface area contributed by atoms with E-state index in [0.29, 0.717) is 29.9 Å². The maximum absolute atomic E-state index is 13.5. The Labute approximate surface area is 218 Å². The van der Waals surface area contributed by atoms with Gasteiger partial charge in [-0.25, -0.2) is 14.6 Å². The zero-order chi connectivity index (χ0) is 27.4. The average Bonchev–Trinajstić information content (AvgIpc) is 3.27. The number of pyridine rings is 2. The van der Waals surface area contributed by atoms with Crippen LogP contribution in [0.15, 0.2) is 29.1 Å². The van der Waals surface area contributed by atoms with Crippen LogP contribution in [-0.4, -0.2) is 45.7 Å². The highest BCUT2D eigenvalue weighted by atomic mass is 16.6. The quantitative estimate of drug-likeness (QED) is 0.369. The number of amides is 1. The molecular weight excluding hydrogens is 490 g/mol. The lowest BCUT2D eigenvalue weighted by molar-refractivity contribution is -0.172. The number of hydrogen-bond donors (Lipinski definition) is 2. The van der Waals surface area contributed by atoms with Crippen molar-refractivity contribution in [3.8, 4) is 11.4 Å². The minimum absolute atomic E-state index is 0.0772. The molecule has 0 fully saturated rings. The molecule has 3 aromatic rings. The van der Waals surface area contributed by atoms with E-state index in [-0.39, 0.29) is 42.0 Å². The maximum atomic E-state index is 13.5. The van der Waals surface area contributed by atoms with Crippen molar-refractivity contribution in [2.45, 2.75) is 64.8 Å². The second-order valence-corrected chi connectivity index (χ2v) is 9.71. The summed E-state index contributed by atoms with van der Waals surface area (Å²) in [6.45, 7) is 5.17. The zero-order valence-corrected chi connectivity index (χ0v) is 21.7. The van der Waals surface area contributed by atoms with Crippen LogP contribution in [0.3, 0.4) is 0 Å². The molecule has 0 aliphatic carbocycles. The van der Waals surface area contributed by atoms with Gasteiger partial charge in [0.25, 0.3) is 5.56 Å². The first-order chi connectivity index (χ1) is 18.1. The molecule has 1 unspecified atom stereocenters. The van der Waals surface area contributed by atoms with Gasteiger partial charge in [-0.05, 0) is 42.2 Å². The molecule has 1 aromatic carbocycles. The lowest BCUT2D eigenvalue weighted by Crippen LogP contribution is -2.44. The van der Waals surface area contributed by atoms with Gasteiger partial charge in [0, 0.05) is 29.9 Å². The number of cyclic esters (lactones) is 1. The zero-order valence-electron chi connectivity index (χ0n) is 21.7. The number of hydrogen-bond acceptors (Lipinski definition) is 8. The van der Waals surface area contributed by atoms with Crippen molar-refractivity contribution in [3.63, 3.8) is 0 Å². The molecule has 10 nitrogen and oxygen atoms in total. The van der Waals surface area contributed by atoms with E-state index < -0.39 is 23.6 Å². The van der Waals surface area contributed by atoms with Gasteiger partial charge in [0.1, 0.15) is 12.6 Å². The second kappa shape index (κ2) is 9.36. The van der Waals surface area contributed by atoms with Gasteiger partial charge >= 0.3 is 11.9 Å². The molecule has 1 amide bonds. The van der Waals surface area contributed by atoms with Crippen molar-refractivity contribution in [3.05, 3.63) is 62.4 Å². The van der Waals surface area contributed by atoms with Gasteiger partial charge < -0.3 is 24.5 Å². The first kappa shape index (κ1) is 25.6. The number of aromatic nitrogens is 2. The van der Waals surface area contributed by atoms with E-state index in [4.69, 9.17) is 14.5 Å². The van der Waals surface area contributed by atoms with Crippen molar-refractivity contribution < 1.29 is 29.0 Å². The van der Waals surface area contributed by atoms with Crippen molar-refractivity contribution in [1.82, 2.24) is 14.9 Å². The summed E-state index contributed by atoms with van der Waals surface area (Å²) in [6, 6.07) is 6.54. The molecule has 2 N–H and O–H groups in total. The maximum Gasteiger partial charge on any atom is 0.343 e. The van der Waals surface area contributed by atoms with Gasteiger partial charge in [-0.1, -0.05) is 19.9 Å². The molecule has 198 valence electrons. The van der Waals surface area contributed by atoms with Gasteiger partial charge in [-0.2, -0.15) is 0 Å². The number of esters is 2. The standard InChI is InChI=1S/C28H29N3O7/c1-5-16-17-9-15(10-22(26(34)37-4)29-14(3)32)7-8-21(17)30-24-18(16)12-31-23(24)11-20-19(25(31)33)13-38-27(35)28(20,36)6-2/h7-9,11,22,36H,5-6,10,12-13H2,1-4H3,(H,29,32)/t22?,28-/m0/s1. The first-order valence-electron chi connectivity index (χ1n) is 12.6. The molecule has 5 rings (SSSR count). The molecule has 2 aromatic heterocycles. The number of fused-ring (bicyclic) bond motifs is 5. The van der Waals surface area contributed by atoms with Crippen LogP contribution in [-0.2, 0) is 55.5 Å². The van der Waals surface area contributed by atoms with Crippen LogP contribution in [0.2, 0.25) is 0 Å². The van der Waals surface area contributed by atoms with Crippen LogP contribution in [0.25, 0.3) is 22.3 Å². The van der Waals surface area contributed by atoms with E-state index >= 15 is 0 Å². The molecule has 0 bridgehead atoms. The van der Waals surface area contributed by atoms with Gasteiger partial charge in [0.15, 0.2) is 5.60 Å². The number of aryl methyl sites for hydroxylation is 1. The van der Waals surface area contributed by atoms with Crippen LogP contribution in [0.1, 0.15) is 55.0 Å². The van der Waals surface area contributed by atoms with Crippen LogP contribution >= 0.6 is 0 Å². The molecule has 10 heteroatoms. The van der Waals surface area contributed by atoms with Crippen LogP contribution in [0.4, 0.5) is 0 Å². The Morgan fingerprint density at radius 1 is 1.24 bits per heavy atom. The highest BCUT2D eigenvalue weighted by Crippen LogP contribution is 2.40. The number of carbonyl (C=O) groups excluding carboxylic acids is 3. The number of aliphatic hydroxyl groups is 1. The van der Waals surface area contributed by atoms with E-state index in [9.17, 15) is 24.3 Å². The summed E-state index contributed by atoms with van der Waals surface area (Å²) in [4.78, 5) is 54.6. The van der Waals surface area contributed by atoms with Gasteiger partial charge in [-0.15, -0.1) is 0 Å². The van der Waals surface area contributed by atoms with Crippen LogP contribution in [0.5, 0.6) is 0 Å². The Morgan fingerprint density at radius 2 is 2.00 bits per heavy atom. The Morgan fingerprint density at radius 3 is 2.66 bits per heavy atom. The number of carbonyl (C=O) groups is 3. The largest absolute Gasteiger partial charge is 0.467 e. The van der Waals surface area contributed by atoms with Crippen molar-refractivity contribution in [1.29, 1.82) is 0 Å². The molecular formula is C28H29N3O7. The van der Waals surface area contributed by atoms with Gasteiger partial charge in [-0.3, -0.25) is 9.59 Å². The molecule has 4 heterocycles. The van der Waals surface area contributed by atoms with Crippen LogP contribution < -0.4 is 10.9 Å². The first-order valence-corrected chi connectivity index (χ1v) is 12.6. The third-order valence-corrected chi connectivity index (χ3v) is 7.53. The predicted octanol–water partition coefficient (Wildman–Crippen LogP) is 1.86. The average molecular weight is 520 g/mol. The van der Waals surface area contributed by atoms with E-state index in [1.54, 1.807) is 17.6 Å². The summed E-state index contributed by atoms with van der Waals surface area (Å²) in [6.07, 6.45) is 0.992. The minimum Gasteiger partial charge on any atom is -0.467 e. The second-order valence-electron chi connectivity index (χ2n) is 9.71. The summed E-state index contributed by atoms with van der Waals surface area (Å²) in [5, 5.41) is 14.6. The highest BCUT2D eigenvalue weighted by Gasteiger charge is 2.45. The normalized spacial score (nSPS) is 18.3. The SMILES string of the molecule is CCc1c2c(nc3ccc(CC(NC(C)=O)C(=O)OC)cc13)-c1cc3c(c(=O)n1C2)COC(=O)[C@]3(O)CC. The predicted molar refractivity (Wildman–Crippen MR) is 137 cm³/mol. The minimum atomic E-state index is -1.88. The van der Waals surface area contributed by atoms with E-state index in [2.05, 4.69) is 5.32 Å². The molecule has 0 saturated carbocycles. The molecule has 2 atom stereocenters. The number of nitrogens with one attached hydrogen (secondary N) is 1. The van der Waals surface area contributed by atoms with Gasteiger partial charge in [0.05, 0.1) is 36.1 Å². The number of methoxy groups -OCH3 is 1. The lowest BCUT2D eigenvalue weighted by Gasteiger charge is -2.31. The molecule has 2 aliphatic rings.